The molecule has 0 aromatic carbocycles. The summed E-state index contributed by atoms with van der Waals surface area (Å²) in [5.74, 6) is -0.788. The smallest absolute Gasteiger partial charge is 0.289 e. The van der Waals surface area contributed by atoms with Gasteiger partial charge in [0.05, 0.1) is 0 Å². The van der Waals surface area contributed by atoms with Gasteiger partial charge in [0.25, 0.3) is 5.91 Å². The monoisotopic (exact) mass is 211 g/mol. The Labute approximate surface area is 86.5 Å². The molecule has 1 heterocycles. The van der Waals surface area contributed by atoms with E-state index in [1.165, 1.54) is 6.33 Å². The zero-order chi connectivity index (χ0) is 11.5. The van der Waals surface area contributed by atoms with E-state index in [1.807, 2.05) is 0 Å². The van der Waals surface area contributed by atoms with Gasteiger partial charge in [0.15, 0.2) is 0 Å². The summed E-state index contributed by atoms with van der Waals surface area (Å²) in [7, 11) is 0. The number of primary amides is 1. The van der Waals surface area contributed by atoms with Gasteiger partial charge in [-0.3, -0.25) is 14.7 Å². The highest BCUT2D eigenvalue weighted by Crippen LogP contribution is 2.07. The molecule has 0 atom stereocenters. The average Bonchev–Trinajstić information content (AvgIpc) is 2.50. The Morgan fingerprint density at radius 3 is 2.73 bits per heavy atom. The maximum absolute atomic E-state index is 11.5. The summed E-state index contributed by atoms with van der Waals surface area (Å²) in [5, 5.41) is 8.59. The molecular weight excluding hydrogens is 198 g/mol. The van der Waals surface area contributed by atoms with Gasteiger partial charge in [0.2, 0.25) is 11.7 Å². The Morgan fingerprint density at radius 1 is 1.60 bits per heavy atom. The number of carbonyl (C=O) groups excluding carboxylic acids is 2. The van der Waals surface area contributed by atoms with Crippen molar-refractivity contribution in [1.82, 2.24) is 20.5 Å². The van der Waals surface area contributed by atoms with Gasteiger partial charge >= 0.3 is 0 Å². The molecule has 7 nitrogen and oxygen atoms in total. The van der Waals surface area contributed by atoms with E-state index in [1.54, 1.807) is 13.8 Å². The Hall–Kier alpha value is -1.92. The summed E-state index contributed by atoms with van der Waals surface area (Å²) in [5.41, 5.74) is 4.35. The van der Waals surface area contributed by atoms with E-state index in [0.29, 0.717) is 0 Å². The summed E-state index contributed by atoms with van der Waals surface area (Å²) >= 11 is 0. The van der Waals surface area contributed by atoms with Crippen molar-refractivity contribution in [2.24, 2.45) is 5.73 Å². The molecule has 0 aliphatic carbocycles. The largest absolute Gasteiger partial charge is 0.370 e. The summed E-state index contributed by atoms with van der Waals surface area (Å²) in [6.45, 7) is 3.40. The third-order valence-electron chi connectivity index (χ3n) is 1.70. The molecule has 0 unspecified atom stereocenters. The van der Waals surface area contributed by atoms with Crippen LogP contribution >= 0.6 is 0 Å². The van der Waals surface area contributed by atoms with Gasteiger partial charge in [0, 0.05) is 12.0 Å². The average molecular weight is 211 g/mol. The van der Waals surface area contributed by atoms with Crippen LogP contribution in [0.1, 0.15) is 30.9 Å². The van der Waals surface area contributed by atoms with Crippen LogP contribution in [0.2, 0.25) is 0 Å². The van der Waals surface area contributed by atoms with Gasteiger partial charge < -0.3 is 11.1 Å². The molecule has 0 saturated carbocycles. The van der Waals surface area contributed by atoms with Gasteiger partial charge in [-0.15, -0.1) is 0 Å². The summed E-state index contributed by atoms with van der Waals surface area (Å²) in [4.78, 5) is 25.9. The molecule has 0 spiro atoms. The lowest BCUT2D eigenvalue weighted by molar-refractivity contribution is -0.119. The molecule has 82 valence electrons. The van der Waals surface area contributed by atoms with Crippen molar-refractivity contribution in [2.75, 3.05) is 0 Å². The second-order valence-electron chi connectivity index (χ2n) is 3.82. The van der Waals surface area contributed by atoms with Crippen molar-refractivity contribution in [3.63, 3.8) is 0 Å². The highest BCUT2D eigenvalue weighted by atomic mass is 16.2. The van der Waals surface area contributed by atoms with E-state index < -0.39 is 17.4 Å². The fourth-order valence-corrected chi connectivity index (χ4v) is 1.16. The number of rotatable bonds is 4. The lowest BCUT2D eigenvalue weighted by atomic mass is 10.0. The number of aromatic nitrogens is 3. The van der Waals surface area contributed by atoms with E-state index >= 15 is 0 Å². The number of H-pyrrole nitrogens is 1. The minimum Gasteiger partial charge on any atom is -0.370 e. The van der Waals surface area contributed by atoms with Crippen LogP contribution in [-0.2, 0) is 4.79 Å². The van der Waals surface area contributed by atoms with Crippen LogP contribution in [0.15, 0.2) is 6.33 Å². The lowest BCUT2D eigenvalue weighted by Gasteiger charge is -2.23. The van der Waals surface area contributed by atoms with Gasteiger partial charge in [-0.1, -0.05) is 0 Å². The Balaban J connectivity index is 2.61. The van der Waals surface area contributed by atoms with E-state index in [2.05, 4.69) is 20.5 Å². The zero-order valence-electron chi connectivity index (χ0n) is 8.57. The Morgan fingerprint density at radius 2 is 2.27 bits per heavy atom. The number of amides is 2. The van der Waals surface area contributed by atoms with Gasteiger partial charge in [-0.05, 0) is 13.8 Å². The van der Waals surface area contributed by atoms with Crippen molar-refractivity contribution in [3.05, 3.63) is 12.2 Å². The Kier molecular flexibility index (Phi) is 3.03. The maximum Gasteiger partial charge on any atom is 0.289 e. The highest BCUT2D eigenvalue weighted by molar-refractivity contribution is 5.91. The number of aromatic amines is 1. The highest BCUT2D eigenvalue weighted by Gasteiger charge is 2.24. The molecule has 7 heteroatoms. The molecule has 15 heavy (non-hydrogen) atoms. The molecule has 0 radical (unpaired) electrons. The number of carbonyl (C=O) groups is 2. The molecule has 0 aliphatic rings. The van der Waals surface area contributed by atoms with Crippen LogP contribution in [0, 0.1) is 0 Å². The lowest BCUT2D eigenvalue weighted by Crippen LogP contribution is -2.46. The molecule has 1 rings (SSSR count). The van der Waals surface area contributed by atoms with Crippen LogP contribution in [0.25, 0.3) is 0 Å². The minimum absolute atomic E-state index is 0.0624. The molecule has 0 fully saturated rings. The van der Waals surface area contributed by atoms with Crippen LogP contribution in [-0.4, -0.2) is 32.5 Å². The molecule has 0 aliphatic heterocycles. The fraction of sp³-hybridized carbons (Fsp3) is 0.500. The third-order valence-corrected chi connectivity index (χ3v) is 1.70. The van der Waals surface area contributed by atoms with E-state index in [4.69, 9.17) is 5.73 Å². The first-order valence-corrected chi connectivity index (χ1v) is 4.37. The summed E-state index contributed by atoms with van der Waals surface area (Å²) < 4.78 is 0. The molecule has 1 aromatic rings. The first-order valence-electron chi connectivity index (χ1n) is 4.37. The number of nitrogens with one attached hydrogen (secondary N) is 2. The number of hydrogen-bond donors (Lipinski definition) is 3. The molecule has 0 bridgehead atoms. The van der Waals surface area contributed by atoms with Crippen molar-refractivity contribution in [2.45, 2.75) is 25.8 Å². The zero-order valence-corrected chi connectivity index (χ0v) is 8.57. The summed E-state index contributed by atoms with van der Waals surface area (Å²) in [6, 6.07) is 0. The van der Waals surface area contributed by atoms with Crippen molar-refractivity contribution in [1.29, 1.82) is 0 Å². The normalized spacial score (nSPS) is 11.1. The first kappa shape index (κ1) is 11.2. The van der Waals surface area contributed by atoms with Gasteiger partial charge in [-0.25, -0.2) is 4.98 Å². The SMILES string of the molecule is CC(C)(CC(N)=O)NC(=O)c1ncn[nH]1. The maximum atomic E-state index is 11.5. The van der Waals surface area contributed by atoms with E-state index in [9.17, 15) is 9.59 Å². The van der Waals surface area contributed by atoms with Crippen molar-refractivity contribution < 1.29 is 9.59 Å². The fourth-order valence-electron chi connectivity index (χ4n) is 1.16. The standard InChI is InChI=1S/C8H13N5O2/c1-8(2,3-5(9)14)12-7(15)6-10-4-11-13-6/h4H,3H2,1-2H3,(H2,9,14)(H,12,15)(H,10,11,13). The second-order valence-corrected chi connectivity index (χ2v) is 3.82. The second kappa shape index (κ2) is 4.07. The van der Waals surface area contributed by atoms with Crippen LogP contribution in [0.5, 0.6) is 0 Å². The van der Waals surface area contributed by atoms with Crippen molar-refractivity contribution in [3.8, 4) is 0 Å². The third kappa shape index (κ3) is 3.37. The van der Waals surface area contributed by atoms with Crippen molar-refractivity contribution >= 4 is 11.8 Å². The quantitative estimate of drug-likeness (QED) is 0.604. The number of hydrogen-bond acceptors (Lipinski definition) is 4. The molecule has 4 N–H and O–H groups in total. The van der Waals surface area contributed by atoms with Gasteiger partial charge in [0.1, 0.15) is 6.33 Å². The molecule has 2 amide bonds. The number of nitrogens with two attached hydrogens (primary N) is 1. The molecule has 0 saturated heterocycles. The topological polar surface area (TPSA) is 114 Å². The van der Waals surface area contributed by atoms with E-state index in [0.717, 1.165) is 0 Å². The minimum atomic E-state index is -0.699. The predicted octanol–water partition coefficient (Wildman–Crippen LogP) is -0.811. The van der Waals surface area contributed by atoms with Crippen LogP contribution in [0.3, 0.4) is 0 Å². The molecular formula is C8H13N5O2. The van der Waals surface area contributed by atoms with Crippen LogP contribution < -0.4 is 11.1 Å². The summed E-state index contributed by atoms with van der Waals surface area (Å²) in [6.07, 6.45) is 1.29. The predicted molar refractivity (Wildman–Crippen MR) is 51.7 cm³/mol. The molecule has 1 aromatic heterocycles. The first-order chi connectivity index (χ1) is 6.91. The number of nitrogens with zero attached hydrogens (tertiary/aromatic N) is 2. The van der Waals surface area contributed by atoms with E-state index in [-0.39, 0.29) is 12.2 Å². The van der Waals surface area contributed by atoms with Gasteiger partial charge in [-0.2, -0.15) is 5.10 Å². The Bertz CT molecular complexity index is 357. The van der Waals surface area contributed by atoms with Crippen LogP contribution in [0.4, 0.5) is 0 Å².